The van der Waals surface area contributed by atoms with Gasteiger partial charge in [-0.25, -0.2) is 0 Å². The van der Waals surface area contributed by atoms with Crippen LogP contribution < -0.4 is 5.32 Å². The van der Waals surface area contributed by atoms with Crippen molar-refractivity contribution in [2.75, 3.05) is 26.7 Å². The van der Waals surface area contributed by atoms with Crippen LogP contribution in [0.15, 0.2) is 30.3 Å². The van der Waals surface area contributed by atoms with Crippen molar-refractivity contribution >= 4 is 11.8 Å². The third-order valence-electron chi connectivity index (χ3n) is 4.48. The number of carbonyl (C=O) groups excluding carboxylic acids is 2. The number of likely N-dealkylation sites (tertiary alicyclic amines) is 1. The topological polar surface area (TPSA) is 58.6 Å². The fourth-order valence-corrected chi connectivity index (χ4v) is 3.05. The number of ether oxygens (including phenoxy) is 1. The highest BCUT2D eigenvalue weighted by molar-refractivity contribution is 5.82. The quantitative estimate of drug-likeness (QED) is 0.870. The van der Waals surface area contributed by atoms with Crippen LogP contribution in [0.1, 0.15) is 38.4 Å². The molecule has 2 amide bonds. The molecule has 1 aromatic rings. The molecule has 2 rings (SSSR count). The zero-order valence-corrected chi connectivity index (χ0v) is 14.8. The lowest BCUT2D eigenvalue weighted by Gasteiger charge is -2.35. The van der Waals surface area contributed by atoms with Crippen LogP contribution in [0.3, 0.4) is 0 Å². The van der Waals surface area contributed by atoms with Crippen LogP contribution in [-0.4, -0.2) is 43.5 Å². The predicted molar refractivity (Wildman–Crippen MR) is 93.3 cm³/mol. The summed E-state index contributed by atoms with van der Waals surface area (Å²) in [6, 6.07) is 9.58. The first kappa shape index (κ1) is 18.5. The van der Waals surface area contributed by atoms with Gasteiger partial charge in [-0.15, -0.1) is 0 Å². The predicted octanol–water partition coefficient (Wildman–Crippen LogP) is 2.38. The normalized spacial score (nSPS) is 19.2. The number of methoxy groups -OCH3 is 1. The Kier molecular flexibility index (Phi) is 6.79. The summed E-state index contributed by atoms with van der Waals surface area (Å²) in [5, 5.41) is 2.98. The van der Waals surface area contributed by atoms with E-state index in [1.807, 2.05) is 49.1 Å². The molecule has 1 aliphatic rings. The second-order valence-electron chi connectivity index (χ2n) is 6.72. The van der Waals surface area contributed by atoms with Crippen molar-refractivity contribution in [1.82, 2.24) is 10.2 Å². The molecule has 0 unspecified atom stereocenters. The van der Waals surface area contributed by atoms with Gasteiger partial charge in [0.05, 0.1) is 0 Å². The Bertz CT molecular complexity index is 545. The van der Waals surface area contributed by atoms with Crippen molar-refractivity contribution in [3.63, 3.8) is 0 Å². The standard InChI is InChI=1S/C19H28N2O3/c1-14(2)18(22)20-12-15-8-7-11-21(13-15)19(23)17(24-3)16-9-5-4-6-10-16/h4-6,9-10,14-15,17H,7-8,11-13H2,1-3H3,(H,20,22)/t15-,17-/m1/s1. The van der Waals surface area contributed by atoms with Crippen LogP contribution in [0.5, 0.6) is 0 Å². The summed E-state index contributed by atoms with van der Waals surface area (Å²) >= 11 is 0. The molecule has 0 bridgehead atoms. The Labute approximate surface area is 144 Å². The van der Waals surface area contributed by atoms with E-state index < -0.39 is 6.10 Å². The van der Waals surface area contributed by atoms with Gasteiger partial charge in [0.15, 0.2) is 6.10 Å². The minimum atomic E-state index is -0.560. The van der Waals surface area contributed by atoms with Crippen molar-refractivity contribution in [2.24, 2.45) is 11.8 Å². The summed E-state index contributed by atoms with van der Waals surface area (Å²) in [4.78, 5) is 26.4. The third-order valence-corrected chi connectivity index (χ3v) is 4.48. The van der Waals surface area contributed by atoms with Crippen molar-refractivity contribution in [1.29, 1.82) is 0 Å². The van der Waals surface area contributed by atoms with E-state index in [0.717, 1.165) is 24.9 Å². The SMILES string of the molecule is CO[C@@H](C(=O)N1CCC[C@H](CNC(=O)C(C)C)C1)c1ccccc1. The van der Waals surface area contributed by atoms with Gasteiger partial charge in [0, 0.05) is 32.7 Å². The molecule has 0 radical (unpaired) electrons. The molecule has 0 aliphatic carbocycles. The number of benzene rings is 1. The summed E-state index contributed by atoms with van der Waals surface area (Å²) in [6.07, 6.45) is 1.43. The first-order chi connectivity index (χ1) is 11.5. The van der Waals surface area contributed by atoms with Crippen LogP contribution in [0.2, 0.25) is 0 Å². The molecule has 1 N–H and O–H groups in total. The largest absolute Gasteiger partial charge is 0.367 e. The molecule has 5 nitrogen and oxygen atoms in total. The Morgan fingerprint density at radius 1 is 1.29 bits per heavy atom. The molecule has 0 aromatic heterocycles. The van der Waals surface area contributed by atoms with Crippen LogP contribution >= 0.6 is 0 Å². The second kappa shape index (κ2) is 8.83. The molecule has 1 fully saturated rings. The van der Waals surface area contributed by atoms with E-state index in [2.05, 4.69) is 5.32 Å². The van der Waals surface area contributed by atoms with Crippen molar-refractivity contribution in [3.8, 4) is 0 Å². The lowest BCUT2D eigenvalue weighted by molar-refractivity contribution is -0.144. The van der Waals surface area contributed by atoms with E-state index in [1.165, 1.54) is 0 Å². The molecule has 0 saturated carbocycles. The van der Waals surface area contributed by atoms with Crippen LogP contribution in [0, 0.1) is 11.8 Å². The Hall–Kier alpha value is -1.88. The van der Waals surface area contributed by atoms with Gasteiger partial charge in [0.25, 0.3) is 5.91 Å². The van der Waals surface area contributed by atoms with Gasteiger partial charge in [-0.3, -0.25) is 9.59 Å². The summed E-state index contributed by atoms with van der Waals surface area (Å²) in [5.74, 6) is 0.363. The van der Waals surface area contributed by atoms with Crippen molar-refractivity contribution in [3.05, 3.63) is 35.9 Å². The van der Waals surface area contributed by atoms with Gasteiger partial charge < -0.3 is 15.0 Å². The lowest BCUT2D eigenvalue weighted by atomic mass is 9.96. The average Bonchev–Trinajstić information content (AvgIpc) is 2.61. The Morgan fingerprint density at radius 3 is 2.62 bits per heavy atom. The van der Waals surface area contributed by atoms with Gasteiger partial charge in [-0.1, -0.05) is 44.2 Å². The first-order valence-electron chi connectivity index (χ1n) is 8.67. The highest BCUT2D eigenvalue weighted by Gasteiger charge is 2.30. The fourth-order valence-electron chi connectivity index (χ4n) is 3.05. The van der Waals surface area contributed by atoms with Gasteiger partial charge in [-0.05, 0) is 24.3 Å². The smallest absolute Gasteiger partial charge is 0.256 e. The summed E-state index contributed by atoms with van der Waals surface area (Å²) in [6.45, 7) is 5.82. The summed E-state index contributed by atoms with van der Waals surface area (Å²) < 4.78 is 5.46. The third kappa shape index (κ3) is 4.81. The molecular formula is C19H28N2O3. The van der Waals surface area contributed by atoms with E-state index in [-0.39, 0.29) is 17.7 Å². The highest BCUT2D eigenvalue weighted by Crippen LogP contribution is 2.23. The number of nitrogens with one attached hydrogen (secondary N) is 1. The average molecular weight is 332 g/mol. The zero-order valence-electron chi connectivity index (χ0n) is 14.8. The summed E-state index contributed by atoms with van der Waals surface area (Å²) in [5.41, 5.74) is 0.875. The monoisotopic (exact) mass is 332 g/mol. The number of hydrogen-bond donors (Lipinski definition) is 1. The minimum Gasteiger partial charge on any atom is -0.367 e. The lowest BCUT2D eigenvalue weighted by Crippen LogP contribution is -2.46. The Balaban J connectivity index is 1.95. The molecule has 24 heavy (non-hydrogen) atoms. The van der Waals surface area contributed by atoms with E-state index in [0.29, 0.717) is 19.0 Å². The molecule has 1 heterocycles. The maximum atomic E-state index is 12.8. The van der Waals surface area contributed by atoms with Crippen molar-refractivity contribution in [2.45, 2.75) is 32.8 Å². The maximum Gasteiger partial charge on any atom is 0.256 e. The molecule has 132 valence electrons. The van der Waals surface area contributed by atoms with Crippen LogP contribution in [-0.2, 0) is 14.3 Å². The zero-order chi connectivity index (χ0) is 17.5. The number of amides is 2. The van der Waals surface area contributed by atoms with E-state index in [9.17, 15) is 9.59 Å². The molecular weight excluding hydrogens is 304 g/mol. The highest BCUT2D eigenvalue weighted by atomic mass is 16.5. The van der Waals surface area contributed by atoms with E-state index in [4.69, 9.17) is 4.74 Å². The molecule has 1 aliphatic heterocycles. The van der Waals surface area contributed by atoms with Gasteiger partial charge in [0.1, 0.15) is 0 Å². The van der Waals surface area contributed by atoms with E-state index in [1.54, 1.807) is 7.11 Å². The fraction of sp³-hybridized carbons (Fsp3) is 0.579. The summed E-state index contributed by atoms with van der Waals surface area (Å²) in [7, 11) is 1.57. The van der Waals surface area contributed by atoms with Crippen LogP contribution in [0.25, 0.3) is 0 Å². The molecule has 1 aromatic carbocycles. The molecule has 5 heteroatoms. The number of rotatable bonds is 6. The second-order valence-corrected chi connectivity index (χ2v) is 6.72. The van der Waals surface area contributed by atoms with Crippen LogP contribution in [0.4, 0.5) is 0 Å². The number of piperidine rings is 1. The number of carbonyl (C=O) groups is 2. The molecule has 0 spiro atoms. The first-order valence-corrected chi connectivity index (χ1v) is 8.67. The number of nitrogens with zero attached hydrogens (tertiary/aromatic N) is 1. The van der Waals surface area contributed by atoms with E-state index >= 15 is 0 Å². The Morgan fingerprint density at radius 2 is 2.00 bits per heavy atom. The van der Waals surface area contributed by atoms with Crippen molar-refractivity contribution < 1.29 is 14.3 Å². The van der Waals surface area contributed by atoms with Gasteiger partial charge >= 0.3 is 0 Å². The molecule has 2 atom stereocenters. The number of hydrogen-bond acceptors (Lipinski definition) is 3. The van der Waals surface area contributed by atoms with Gasteiger partial charge in [-0.2, -0.15) is 0 Å². The molecule has 1 saturated heterocycles. The van der Waals surface area contributed by atoms with Gasteiger partial charge in [0.2, 0.25) is 5.91 Å². The maximum absolute atomic E-state index is 12.8. The minimum absolute atomic E-state index is 0.00332.